The SMILES string of the molecule is C=C1N=NC(SCC(=O)Nc2ccc(C(C)=O)cc2)=NC1=O. The number of thioether (sulfide) groups is 1. The Balaban J connectivity index is 1.87. The van der Waals surface area contributed by atoms with Crippen LogP contribution >= 0.6 is 11.8 Å². The fraction of sp³-hybridized carbons (Fsp3) is 0.143. The second-order valence-electron chi connectivity index (χ2n) is 4.32. The summed E-state index contributed by atoms with van der Waals surface area (Å²) in [6.07, 6.45) is 0. The third kappa shape index (κ3) is 4.19. The second-order valence-corrected chi connectivity index (χ2v) is 5.26. The molecular formula is C14H12N4O3S. The predicted molar refractivity (Wildman–Crippen MR) is 84.0 cm³/mol. The van der Waals surface area contributed by atoms with Crippen molar-refractivity contribution in [1.82, 2.24) is 0 Å². The van der Waals surface area contributed by atoms with Gasteiger partial charge >= 0.3 is 0 Å². The molecular weight excluding hydrogens is 304 g/mol. The molecule has 2 amide bonds. The van der Waals surface area contributed by atoms with Crippen molar-refractivity contribution in [2.24, 2.45) is 15.2 Å². The van der Waals surface area contributed by atoms with Crippen molar-refractivity contribution in [3.63, 3.8) is 0 Å². The van der Waals surface area contributed by atoms with Crippen LogP contribution in [-0.4, -0.2) is 28.5 Å². The molecule has 1 heterocycles. The normalized spacial score (nSPS) is 13.8. The number of amidine groups is 1. The van der Waals surface area contributed by atoms with E-state index >= 15 is 0 Å². The van der Waals surface area contributed by atoms with Gasteiger partial charge in [-0.2, -0.15) is 4.99 Å². The smallest absolute Gasteiger partial charge is 0.299 e. The average Bonchev–Trinajstić information content (AvgIpc) is 2.49. The number of amides is 2. The van der Waals surface area contributed by atoms with E-state index in [0.717, 1.165) is 11.8 Å². The van der Waals surface area contributed by atoms with Gasteiger partial charge in [-0.25, -0.2) is 0 Å². The van der Waals surface area contributed by atoms with Gasteiger partial charge in [0.15, 0.2) is 5.78 Å². The first-order valence-electron chi connectivity index (χ1n) is 6.23. The third-order valence-corrected chi connectivity index (χ3v) is 3.45. The quantitative estimate of drug-likeness (QED) is 0.681. The van der Waals surface area contributed by atoms with Crippen LogP contribution in [-0.2, 0) is 9.59 Å². The first-order chi connectivity index (χ1) is 10.5. The molecule has 1 N–H and O–H groups in total. The van der Waals surface area contributed by atoms with Crippen LogP contribution < -0.4 is 5.32 Å². The van der Waals surface area contributed by atoms with E-state index in [4.69, 9.17) is 0 Å². The number of Topliss-reactive ketones (excluding diaryl/α,β-unsaturated/α-hetero) is 1. The minimum atomic E-state index is -0.558. The van der Waals surface area contributed by atoms with E-state index in [-0.39, 0.29) is 28.3 Å². The van der Waals surface area contributed by atoms with Crippen LogP contribution in [0.5, 0.6) is 0 Å². The van der Waals surface area contributed by atoms with Crippen molar-refractivity contribution < 1.29 is 14.4 Å². The largest absolute Gasteiger partial charge is 0.325 e. The summed E-state index contributed by atoms with van der Waals surface area (Å²) in [7, 11) is 0. The van der Waals surface area contributed by atoms with Crippen LogP contribution in [0.25, 0.3) is 0 Å². The minimum absolute atomic E-state index is 0.0284. The van der Waals surface area contributed by atoms with Gasteiger partial charge in [-0.3, -0.25) is 14.4 Å². The lowest BCUT2D eigenvalue weighted by atomic mass is 10.1. The summed E-state index contributed by atoms with van der Waals surface area (Å²) in [5, 5.41) is 10.0. The molecule has 0 saturated carbocycles. The van der Waals surface area contributed by atoms with Crippen LogP contribution in [0.4, 0.5) is 5.69 Å². The Morgan fingerprint density at radius 1 is 1.23 bits per heavy atom. The van der Waals surface area contributed by atoms with E-state index in [1.54, 1.807) is 24.3 Å². The number of hydrogen-bond acceptors (Lipinski definition) is 6. The second kappa shape index (κ2) is 6.90. The number of nitrogens with one attached hydrogen (secondary N) is 1. The molecule has 1 aromatic carbocycles. The summed E-state index contributed by atoms with van der Waals surface area (Å²) in [5.74, 6) is -0.847. The maximum atomic E-state index is 11.8. The van der Waals surface area contributed by atoms with Crippen molar-refractivity contribution in [3.05, 3.63) is 42.1 Å². The number of ketones is 1. The summed E-state index contributed by atoms with van der Waals surface area (Å²) >= 11 is 1.00. The number of hydrogen-bond donors (Lipinski definition) is 1. The first kappa shape index (κ1) is 15.8. The molecule has 0 aromatic heterocycles. The minimum Gasteiger partial charge on any atom is -0.325 e. The number of carbonyl (C=O) groups is 3. The van der Waals surface area contributed by atoms with E-state index in [9.17, 15) is 14.4 Å². The standard InChI is InChI=1S/C14H12N4O3S/c1-8-13(21)16-14(18-17-8)22-7-12(20)15-11-5-3-10(4-6-11)9(2)19/h3-6H,1,7H2,2H3,(H,15,20). The molecule has 0 fully saturated rings. The van der Waals surface area contributed by atoms with Crippen LogP contribution in [0.15, 0.2) is 51.8 Å². The van der Waals surface area contributed by atoms with Gasteiger partial charge in [0, 0.05) is 11.3 Å². The number of anilines is 1. The van der Waals surface area contributed by atoms with Gasteiger partial charge in [0.05, 0.1) is 5.75 Å². The molecule has 1 aliphatic heterocycles. The fourth-order valence-corrected chi connectivity index (χ4v) is 2.07. The number of carbonyl (C=O) groups excluding carboxylic acids is 3. The summed E-state index contributed by atoms with van der Waals surface area (Å²) in [5.41, 5.74) is 1.12. The summed E-state index contributed by atoms with van der Waals surface area (Å²) in [6, 6.07) is 6.55. The Hall–Kier alpha value is -2.61. The van der Waals surface area contributed by atoms with E-state index in [1.165, 1.54) is 6.92 Å². The van der Waals surface area contributed by atoms with E-state index in [1.807, 2.05) is 0 Å². The molecule has 112 valence electrons. The first-order valence-corrected chi connectivity index (χ1v) is 7.21. The molecule has 22 heavy (non-hydrogen) atoms. The van der Waals surface area contributed by atoms with Crippen molar-refractivity contribution in [1.29, 1.82) is 0 Å². The van der Waals surface area contributed by atoms with Crippen molar-refractivity contribution in [3.8, 4) is 0 Å². The molecule has 0 atom stereocenters. The molecule has 0 saturated heterocycles. The highest BCUT2D eigenvalue weighted by atomic mass is 32.2. The lowest BCUT2D eigenvalue weighted by Gasteiger charge is -2.06. The maximum absolute atomic E-state index is 11.8. The zero-order chi connectivity index (χ0) is 16.1. The van der Waals surface area contributed by atoms with Gasteiger partial charge in [0.1, 0.15) is 5.70 Å². The fourth-order valence-electron chi connectivity index (χ4n) is 1.50. The Kier molecular flexibility index (Phi) is 4.95. The number of benzene rings is 1. The molecule has 0 radical (unpaired) electrons. The van der Waals surface area contributed by atoms with E-state index in [0.29, 0.717) is 11.3 Å². The molecule has 2 rings (SSSR count). The topological polar surface area (TPSA) is 100 Å². The predicted octanol–water partition coefficient (Wildman–Crippen LogP) is 2.42. The van der Waals surface area contributed by atoms with E-state index in [2.05, 4.69) is 27.1 Å². The monoisotopic (exact) mass is 316 g/mol. The highest BCUT2D eigenvalue weighted by Crippen LogP contribution is 2.15. The molecule has 0 spiro atoms. The maximum Gasteiger partial charge on any atom is 0.299 e. The van der Waals surface area contributed by atoms with Gasteiger partial charge in [0.2, 0.25) is 11.1 Å². The van der Waals surface area contributed by atoms with Gasteiger partial charge in [0.25, 0.3) is 5.91 Å². The number of rotatable bonds is 4. The number of azo groups is 1. The van der Waals surface area contributed by atoms with Crippen molar-refractivity contribution in [2.75, 3.05) is 11.1 Å². The Morgan fingerprint density at radius 3 is 2.50 bits per heavy atom. The Bertz CT molecular complexity index is 707. The van der Waals surface area contributed by atoms with Gasteiger partial charge < -0.3 is 5.32 Å². The van der Waals surface area contributed by atoms with Gasteiger partial charge in [-0.05, 0) is 31.2 Å². The molecule has 0 unspecified atom stereocenters. The van der Waals surface area contributed by atoms with Gasteiger partial charge in [-0.1, -0.05) is 18.3 Å². The van der Waals surface area contributed by atoms with Crippen molar-refractivity contribution >= 4 is 40.2 Å². The molecule has 1 aliphatic rings. The summed E-state index contributed by atoms with van der Waals surface area (Å²) in [6.45, 7) is 4.84. The highest BCUT2D eigenvalue weighted by molar-refractivity contribution is 8.14. The highest BCUT2D eigenvalue weighted by Gasteiger charge is 2.14. The molecule has 0 bridgehead atoms. The Morgan fingerprint density at radius 2 is 1.91 bits per heavy atom. The van der Waals surface area contributed by atoms with Crippen LogP contribution in [0.1, 0.15) is 17.3 Å². The van der Waals surface area contributed by atoms with Crippen LogP contribution in [0, 0.1) is 0 Å². The molecule has 7 nitrogen and oxygen atoms in total. The molecule has 8 heteroatoms. The lowest BCUT2D eigenvalue weighted by molar-refractivity contribution is -0.115. The third-order valence-electron chi connectivity index (χ3n) is 2.61. The Labute approximate surface area is 130 Å². The van der Waals surface area contributed by atoms with Crippen molar-refractivity contribution in [2.45, 2.75) is 6.92 Å². The van der Waals surface area contributed by atoms with Gasteiger partial charge in [-0.15, -0.1) is 10.2 Å². The summed E-state index contributed by atoms with van der Waals surface area (Å²) < 4.78 is 0. The zero-order valence-electron chi connectivity index (χ0n) is 11.7. The van der Waals surface area contributed by atoms with Crippen LogP contribution in [0.2, 0.25) is 0 Å². The molecule has 0 aliphatic carbocycles. The van der Waals surface area contributed by atoms with E-state index < -0.39 is 5.91 Å². The number of aliphatic imine (C=N–C) groups is 1. The average molecular weight is 316 g/mol. The molecule has 1 aromatic rings. The number of nitrogens with zero attached hydrogens (tertiary/aromatic N) is 3. The van der Waals surface area contributed by atoms with Crippen LogP contribution in [0.3, 0.4) is 0 Å². The summed E-state index contributed by atoms with van der Waals surface area (Å²) in [4.78, 5) is 37.8. The zero-order valence-corrected chi connectivity index (χ0v) is 12.5. The lowest BCUT2D eigenvalue weighted by Crippen LogP contribution is -2.16.